The second-order valence-electron chi connectivity index (χ2n) is 6.59. The van der Waals surface area contributed by atoms with Crippen molar-refractivity contribution in [2.45, 2.75) is 32.1 Å². The molecule has 1 aromatic carbocycles. The first-order chi connectivity index (χ1) is 11.1. The van der Waals surface area contributed by atoms with Gasteiger partial charge in [0.15, 0.2) is 0 Å². The van der Waals surface area contributed by atoms with E-state index in [1.54, 1.807) is 25.3 Å². The molecule has 0 spiro atoms. The van der Waals surface area contributed by atoms with E-state index in [2.05, 4.69) is 10.6 Å². The summed E-state index contributed by atoms with van der Waals surface area (Å²) in [5, 5.41) is 6.36. The molecule has 1 amide bonds. The third kappa shape index (κ3) is 5.01. The van der Waals surface area contributed by atoms with Crippen LogP contribution in [0.2, 0.25) is 0 Å². The fourth-order valence-corrected chi connectivity index (χ4v) is 3.26. The molecule has 0 aromatic heterocycles. The number of piperidine rings is 1. The number of ether oxygens (including phenoxy) is 1. The normalized spacial score (nSPS) is 18.4. The molecule has 1 aliphatic rings. The van der Waals surface area contributed by atoms with E-state index in [0.29, 0.717) is 25.1 Å². The first-order valence-corrected chi connectivity index (χ1v) is 8.27. The number of hydrogen-bond donors (Lipinski definition) is 2. The zero-order chi connectivity index (χ0) is 16.7. The highest BCUT2D eigenvalue weighted by atomic mass is 19.1. The fraction of sp³-hybridized carbons (Fsp3) is 0.611. The van der Waals surface area contributed by atoms with Gasteiger partial charge in [-0.1, -0.05) is 25.1 Å². The molecule has 5 heteroatoms. The molecule has 1 unspecified atom stereocenters. The van der Waals surface area contributed by atoms with Gasteiger partial charge in [-0.3, -0.25) is 4.79 Å². The number of carbonyl (C=O) groups is 1. The van der Waals surface area contributed by atoms with Gasteiger partial charge in [0.25, 0.3) is 0 Å². The quantitative estimate of drug-likeness (QED) is 0.811. The Labute approximate surface area is 137 Å². The van der Waals surface area contributed by atoms with Crippen LogP contribution < -0.4 is 10.6 Å². The average Bonchev–Trinajstić information content (AvgIpc) is 2.54. The van der Waals surface area contributed by atoms with E-state index < -0.39 is 0 Å². The van der Waals surface area contributed by atoms with Crippen LogP contribution in [0.15, 0.2) is 24.3 Å². The van der Waals surface area contributed by atoms with Crippen LogP contribution in [0.3, 0.4) is 0 Å². The van der Waals surface area contributed by atoms with Crippen molar-refractivity contribution in [2.75, 3.05) is 33.4 Å². The van der Waals surface area contributed by atoms with E-state index in [-0.39, 0.29) is 23.1 Å². The van der Waals surface area contributed by atoms with Crippen molar-refractivity contribution in [3.8, 4) is 0 Å². The predicted octanol–water partition coefficient (Wildman–Crippen LogP) is 2.45. The number of nitrogens with one attached hydrogen (secondary N) is 2. The summed E-state index contributed by atoms with van der Waals surface area (Å²) in [6, 6.07) is 6.64. The average molecular weight is 322 g/mol. The molecule has 1 saturated heterocycles. The smallest absolute Gasteiger partial charge is 0.220 e. The number of benzene rings is 1. The van der Waals surface area contributed by atoms with E-state index >= 15 is 0 Å². The summed E-state index contributed by atoms with van der Waals surface area (Å²) in [5.74, 6) is -0.417. The van der Waals surface area contributed by atoms with Crippen LogP contribution in [0.5, 0.6) is 0 Å². The highest BCUT2D eigenvalue weighted by Crippen LogP contribution is 2.28. The molecule has 1 aliphatic heterocycles. The Bertz CT molecular complexity index is 510. The lowest BCUT2D eigenvalue weighted by molar-refractivity contribution is -0.122. The summed E-state index contributed by atoms with van der Waals surface area (Å²) < 4.78 is 19.1. The highest BCUT2D eigenvalue weighted by molar-refractivity contribution is 5.76. The van der Waals surface area contributed by atoms with Crippen molar-refractivity contribution in [3.05, 3.63) is 35.6 Å². The second-order valence-corrected chi connectivity index (χ2v) is 6.59. The molecule has 1 heterocycles. The second kappa shape index (κ2) is 8.41. The van der Waals surface area contributed by atoms with Gasteiger partial charge >= 0.3 is 0 Å². The zero-order valence-electron chi connectivity index (χ0n) is 14.0. The first-order valence-electron chi connectivity index (χ1n) is 8.27. The van der Waals surface area contributed by atoms with E-state index in [4.69, 9.17) is 4.74 Å². The van der Waals surface area contributed by atoms with Crippen LogP contribution in [-0.2, 0) is 9.53 Å². The minimum atomic E-state index is -0.248. The number of methoxy groups -OCH3 is 1. The van der Waals surface area contributed by atoms with Gasteiger partial charge in [0.05, 0.1) is 6.61 Å². The van der Waals surface area contributed by atoms with Crippen molar-refractivity contribution >= 4 is 5.91 Å². The maximum atomic E-state index is 13.8. The van der Waals surface area contributed by atoms with Gasteiger partial charge in [-0.15, -0.1) is 0 Å². The molecule has 0 saturated carbocycles. The molecule has 0 radical (unpaired) electrons. The van der Waals surface area contributed by atoms with E-state index in [1.165, 1.54) is 6.07 Å². The van der Waals surface area contributed by atoms with Crippen LogP contribution >= 0.6 is 0 Å². The van der Waals surface area contributed by atoms with Gasteiger partial charge in [-0.05, 0) is 43.5 Å². The number of rotatable bonds is 7. The Balaban J connectivity index is 1.87. The zero-order valence-corrected chi connectivity index (χ0v) is 14.0. The van der Waals surface area contributed by atoms with Crippen LogP contribution in [0.1, 0.15) is 37.7 Å². The molecule has 4 nitrogen and oxygen atoms in total. The molecule has 23 heavy (non-hydrogen) atoms. The Morgan fingerprint density at radius 1 is 1.39 bits per heavy atom. The lowest BCUT2D eigenvalue weighted by Crippen LogP contribution is -2.47. The lowest BCUT2D eigenvalue weighted by Gasteiger charge is -2.37. The number of halogens is 1. The molecular formula is C18H27FN2O2. The third-order valence-corrected chi connectivity index (χ3v) is 4.70. The molecule has 2 N–H and O–H groups in total. The maximum Gasteiger partial charge on any atom is 0.220 e. The third-order valence-electron chi connectivity index (χ3n) is 4.70. The maximum absolute atomic E-state index is 13.8. The number of amides is 1. The predicted molar refractivity (Wildman–Crippen MR) is 88.9 cm³/mol. The standard InChI is InChI=1S/C18H27FN2O2/c1-14(15-5-3-4-6-16(15)19)11-17(22)21-12-18(13-23-2)7-9-20-10-8-18/h3-6,14,20H,7-13H2,1-2H3,(H,21,22). The van der Waals surface area contributed by atoms with Crippen molar-refractivity contribution in [3.63, 3.8) is 0 Å². The summed E-state index contributed by atoms with van der Waals surface area (Å²) in [5.41, 5.74) is 0.604. The van der Waals surface area contributed by atoms with Crippen molar-refractivity contribution in [1.29, 1.82) is 0 Å². The van der Waals surface area contributed by atoms with Crippen molar-refractivity contribution < 1.29 is 13.9 Å². The lowest BCUT2D eigenvalue weighted by atomic mass is 9.79. The molecule has 1 atom stereocenters. The van der Waals surface area contributed by atoms with E-state index in [0.717, 1.165) is 25.9 Å². The number of hydrogen-bond acceptors (Lipinski definition) is 3. The Morgan fingerprint density at radius 2 is 2.09 bits per heavy atom. The van der Waals surface area contributed by atoms with Crippen LogP contribution in [0.4, 0.5) is 4.39 Å². The Kier molecular flexibility index (Phi) is 6.54. The topological polar surface area (TPSA) is 50.4 Å². The van der Waals surface area contributed by atoms with Gasteiger partial charge in [-0.2, -0.15) is 0 Å². The van der Waals surface area contributed by atoms with Crippen LogP contribution in [0.25, 0.3) is 0 Å². The molecule has 0 aliphatic carbocycles. The molecule has 1 aromatic rings. The van der Waals surface area contributed by atoms with Crippen LogP contribution in [0, 0.1) is 11.2 Å². The van der Waals surface area contributed by atoms with Crippen molar-refractivity contribution in [1.82, 2.24) is 10.6 Å². The largest absolute Gasteiger partial charge is 0.384 e. The Morgan fingerprint density at radius 3 is 2.74 bits per heavy atom. The molecular weight excluding hydrogens is 295 g/mol. The van der Waals surface area contributed by atoms with Crippen LogP contribution in [-0.4, -0.2) is 39.3 Å². The monoisotopic (exact) mass is 322 g/mol. The highest BCUT2D eigenvalue weighted by Gasteiger charge is 2.32. The Hall–Kier alpha value is -1.46. The van der Waals surface area contributed by atoms with E-state index in [9.17, 15) is 9.18 Å². The first kappa shape index (κ1) is 17.9. The van der Waals surface area contributed by atoms with Gasteiger partial charge < -0.3 is 15.4 Å². The minimum absolute atomic E-state index is 0.0108. The molecule has 0 bridgehead atoms. The van der Waals surface area contributed by atoms with Crippen molar-refractivity contribution in [2.24, 2.45) is 5.41 Å². The minimum Gasteiger partial charge on any atom is -0.384 e. The summed E-state index contributed by atoms with van der Waals surface area (Å²) >= 11 is 0. The fourth-order valence-electron chi connectivity index (χ4n) is 3.26. The van der Waals surface area contributed by atoms with Gasteiger partial charge in [0, 0.05) is 25.5 Å². The SMILES string of the molecule is COCC1(CNC(=O)CC(C)c2ccccc2F)CCNCC1. The van der Waals surface area contributed by atoms with Gasteiger partial charge in [0.1, 0.15) is 5.82 Å². The van der Waals surface area contributed by atoms with Gasteiger partial charge in [0.2, 0.25) is 5.91 Å². The summed E-state index contributed by atoms with van der Waals surface area (Å²) in [6.45, 7) is 5.05. The number of carbonyl (C=O) groups excluding carboxylic acids is 1. The molecule has 1 fully saturated rings. The molecule has 128 valence electrons. The van der Waals surface area contributed by atoms with Gasteiger partial charge in [-0.25, -0.2) is 4.39 Å². The summed E-state index contributed by atoms with van der Waals surface area (Å²) in [7, 11) is 1.70. The van der Waals surface area contributed by atoms with E-state index in [1.807, 2.05) is 6.92 Å². The summed E-state index contributed by atoms with van der Waals surface area (Å²) in [4.78, 5) is 12.2. The summed E-state index contributed by atoms with van der Waals surface area (Å²) in [6.07, 6.45) is 2.27. The molecule has 2 rings (SSSR count).